The minimum absolute atomic E-state index is 0.597. The van der Waals surface area contributed by atoms with E-state index in [2.05, 4.69) is 108 Å². The summed E-state index contributed by atoms with van der Waals surface area (Å²) in [6.07, 6.45) is 0. The predicted molar refractivity (Wildman–Crippen MR) is 195 cm³/mol. The van der Waals surface area contributed by atoms with Gasteiger partial charge in [-0.1, -0.05) is 103 Å². The summed E-state index contributed by atoms with van der Waals surface area (Å²) >= 11 is 0. The Balaban J connectivity index is 1.12. The zero-order valence-electron chi connectivity index (χ0n) is 25.7. The number of rotatable bonds is 4. The van der Waals surface area contributed by atoms with Crippen LogP contribution in [-0.2, 0) is 0 Å². The Kier molecular flexibility index (Phi) is 5.81. The van der Waals surface area contributed by atoms with E-state index in [-0.39, 0.29) is 0 Å². The van der Waals surface area contributed by atoms with Gasteiger partial charge in [-0.05, 0) is 65.4 Å². The molecule has 0 saturated heterocycles. The molecule has 10 rings (SSSR count). The summed E-state index contributed by atoms with van der Waals surface area (Å²) in [7, 11) is 0. The molecule has 3 heterocycles. The van der Waals surface area contributed by atoms with Crippen LogP contribution in [0.15, 0.2) is 162 Å². The van der Waals surface area contributed by atoms with Crippen molar-refractivity contribution in [2.75, 3.05) is 0 Å². The molecule has 3 aromatic heterocycles. The van der Waals surface area contributed by atoms with Gasteiger partial charge in [0.25, 0.3) is 0 Å². The summed E-state index contributed by atoms with van der Waals surface area (Å²) in [5.41, 5.74) is 7.81. The molecular weight excluding hydrogens is 589 g/mol. The predicted octanol–water partition coefficient (Wildman–Crippen LogP) is 11.0. The van der Waals surface area contributed by atoms with E-state index in [1.807, 2.05) is 54.6 Å². The third-order valence-electron chi connectivity index (χ3n) is 9.25. The van der Waals surface area contributed by atoms with Gasteiger partial charge in [0.1, 0.15) is 11.2 Å². The minimum atomic E-state index is 0.597. The standard InChI is InChI=1S/C43H26N4O/c1-2-11-28(12-3-1)41-44-42(46-43(45-41)30-20-24-34-33-14-7-9-17-38(33)48-39(34)26-30)29-18-22-31(23-19-29)47-36-16-8-6-15-35(36)40-32-13-5-4-10-27(32)21-25-37(40)47/h1-26H. The largest absolute Gasteiger partial charge is 0.456 e. The van der Waals surface area contributed by atoms with E-state index >= 15 is 0 Å². The van der Waals surface area contributed by atoms with E-state index in [0.29, 0.717) is 17.5 Å². The Morgan fingerprint density at radius 3 is 1.81 bits per heavy atom. The number of fused-ring (bicyclic) bond motifs is 8. The van der Waals surface area contributed by atoms with Crippen LogP contribution >= 0.6 is 0 Å². The third kappa shape index (κ3) is 4.15. The number of hydrogen-bond donors (Lipinski definition) is 0. The maximum absolute atomic E-state index is 6.20. The lowest BCUT2D eigenvalue weighted by atomic mass is 10.0. The summed E-state index contributed by atoms with van der Waals surface area (Å²) in [5.74, 6) is 1.83. The number of para-hydroxylation sites is 2. The van der Waals surface area contributed by atoms with Crippen molar-refractivity contribution in [2.45, 2.75) is 0 Å². The Bertz CT molecular complexity index is 2830. The average molecular weight is 615 g/mol. The van der Waals surface area contributed by atoms with Gasteiger partial charge in [-0.15, -0.1) is 0 Å². The van der Waals surface area contributed by atoms with Crippen LogP contribution in [0.1, 0.15) is 0 Å². The van der Waals surface area contributed by atoms with Crippen molar-refractivity contribution in [3.05, 3.63) is 158 Å². The molecule has 0 radical (unpaired) electrons. The lowest BCUT2D eigenvalue weighted by Crippen LogP contribution is -2.00. The van der Waals surface area contributed by atoms with Gasteiger partial charge in [-0.3, -0.25) is 0 Å². The van der Waals surface area contributed by atoms with Crippen molar-refractivity contribution < 1.29 is 4.42 Å². The van der Waals surface area contributed by atoms with Crippen LogP contribution in [0.3, 0.4) is 0 Å². The van der Waals surface area contributed by atoms with Crippen molar-refractivity contribution in [3.8, 4) is 39.9 Å². The molecule has 0 aliphatic carbocycles. The van der Waals surface area contributed by atoms with E-state index in [1.165, 1.54) is 32.6 Å². The van der Waals surface area contributed by atoms with Gasteiger partial charge < -0.3 is 8.98 Å². The molecular formula is C43H26N4O. The van der Waals surface area contributed by atoms with Crippen LogP contribution in [0.2, 0.25) is 0 Å². The van der Waals surface area contributed by atoms with Gasteiger partial charge >= 0.3 is 0 Å². The Labute approximate surface area is 275 Å². The van der Waals surface area contributed by atoms with E-state index in [0.717, 1.165) is 44.3 Å². The maximum atomic E-state index is 6.20. The fraction of sp³-hybridized carbons (Fsp3) is 0. The molecule has 0 bridgehead atoms. The van der Waals surface area contributed by atoms with Crippen molar-refractivity contribution in [3.63, 3.8) is 0 Å². The molecule has 0 saturated carbocycles. The smallest absolute Gasteiger partial charge is 0.164 e. The highest BCUT2D eigenvalue weighted by Crippen LogP contribution is 2.37. The second kappa shape index (κ2) is 10.5. The summed E-state index contributed by atoms with van der Waals surface area (Å²) in [6.45, 7) is 0. The van der Waals surface area contributed by atoms with E-state index < -0.39 is 0 Å². The van der Waals surface area contributed by atoms with E-state index in [1.54, 1.807) is 0 Å². The van der Waals surface area contributed by atoms with Crippen LogP contribution in [0.4, 0.5) is 0 Å². The molecule has 0 N–H and O–H groups in total. The SMILES string of the molecule is c1ccc(-c2nc(-c3ccc(-n4c5ccccc5c5c6ccccc6ccc54)cc3)nc(-c3ccc4c(c3)oc3ccccc34)n2)cc1. The molecule has 0 fully saturated rings. The van der Waals surface area contributed by atoms with E-state index in [4.69, 9.17) is 19.4 Å². The van der Waals surface area contributed by atoms with Gasteiger partial charge in [0, 0.05) is 43.9 Å². The van der Waals surface area contributed by atoms with Crippen LogP contribution in [0.25, 0.3) is 94.4 Å². The third-order valence-corrected chi connectivity index (χ3v) is 9.25. The van der Waals surface area contributed by atoms with Crippen molar-refractivity contribution in [1.82, 2.24) is 19.5 Å². The Morgan fingerprint density at radius 2 is 1.00 bits per heavy atom. The van der Waals surface area contributed by atoms with Crippen LogP contribution in [0.5, 0.6) is 0 Å². The summed E-state index contributed by atoms with van der Waals surface area (Å²) in [6, 6.07) is 54.5. The lowest BCUT2D eigenvalue weighted by molar-refractivity contribution is 0.669. The van der Waals surface area contributed by atoms with Crippen LogP contribution < -0.4 is 0 Å². The molecule has 0 unspecified atom stereocenters. The van der Waals surface area contributed by atoms with Gasteiger partial charge in [0.2, 0.25) is 0 Å². The zero-order chi connectivity index (χ0) is 31.6. The second-order valence-corrected chi connectivity index (χ2v) is 12.1. The summed E-state index contributed by atoms with van der Waals surface area (Å²) in [5, 5.41) is 7.17. The maximum Gasteiger partial charge on any atom is 0.164 e. The van der Waals surface area contributed by atoms with Crippen molar-refractivity contribution in [2.24, 2.45) is 0 Å². The average Bonchev–Trinajstić information content (AvgIpc) is 3.71. The lowest BCUT2D eigenvalue weighted by Gasteiger charge is -2.11. The Morgan fingerprint density at radius 1 is 0.396 bits per heavy atom. The zero-order valence-corrected chi connectivity index (χ0v) is 25.7. The number of aromatic nitrogens is 4. The normalized spacial score (nSPS) is 11.8. The van der Waals surface area contributed by atoms with E-state index in [9.17, 15) is 0 Å². The highest BCUT2D eigenvalue weighted by Gasteiger charge is 2.17. The Hall–Kier alpha value is -6.59. The van der Waals surface area contributed by atoms with Gasteiger partial charge in [-0.25, -0.2) is 15.0 Å². The highest BCUT2D eigenvalue weighted by atomic mass is 16.3. The topological polar surface area (TPSA) is 56.7 Å². The molecule has 5 heteroatoms. The molecule has 7 aromatic carbocycles. The first kappa shape index (κ1) is 26.6. The first-order valence-corrected chi connectivity index (χ1v) is 16.0. The first-order valence-electron chi connectivity index (χ1n) is 16.0. The highest BCUT2D eigenvalue weighted by molar-refractivity contribution is 6.21. The summed E-state index contributed by atoms with van der Waals surface area (Å²) < 4.78 is 8.55. The number of benzene rings is 7. The second-order valence-electron chi connectivity index (χ2n) is 12.1. The molecule has 0 amide bonds. The molecule has 224 valence electrons. The molecule has 0 aliphatic rings. The van der Waals surface area contributed by atoms with Crippen LogP contribution in [0, 0.1) is 0 Å². The van der Waals surface area contributed by atoms with Crippen molar-refractivity contribution >= 4 is 54.5 Å². The molecule has 0 spiro atoms. The number of furan rings is 1. The number of nitrogens with zero attached hydrogens (tertiary/aromatic N) is 4. The monoisotopic (exact) mass is 614 g/mol. The van der Waals surface area contributed by atoms with Gasteiger partial charge in [0.15, 0.2) is 17.5 Å². The fourth-order valence-electron chi connectivity index (χ4n) is 6.99. The van der Waals surface area contributed by atoms with Gasteiger partial charge in [0.05, 0.1) is 11.0 Å². The number of hydrogen-bond acceptors (Lipinski definition) is 4. The molecule has 48 heavy (non-hydrogen) atoms. The minimum Gasteiger partial charge on any atom is -0.456 e. The first-order chi connectivity index (χ1) is 23.8. The molecule has 0 atom stereocenters. The van der Waals surface area contributed by atoms with Gasteiger partial charge in [-0.2, -0.15) is 0 Å². The fourth-order valence-corrected chi connectivity index (χ4v) is 6.99. The molecule has 5 nitrogen and oxygen atoms in total. The molecule has 10 aromatic rings. The van der Waals surface area contributed by atoms with Crippen LogP contribution in [-0.4, -0.2) is 19.5 Å². The summed E-state index contributed by atoms with van der Waals surface area (Å²) in [4.78, 5) is 14.9. The quantitative estimate of drug-likeness (QED) is 0.198. The van der Waals surface area contributed by atoms with Crippen molar-refractivity contribution in [1.29, 1.82) is 0 Å². The molecule has 0 aliphatic heterocycles.